The van der Waals surface area contributed by atoms with Crippen LogP contribution in [0.15, 0.2) is 24.3 Å². The van der Waals surface area contributed by atoms with Gasteiger partial charge < -0.3 is 9.64 Å². The summed E-state index contributed by atoms with van der Waals surface area (Å²) in [6.45, 7) is 0.624. The maximum atomic E-state index is 13.0. The minimum absolute atomic E-state index is 0.123. The van der Waals surface area contributed by atoms with Crippen molar-refractivity contribution in [2.24, 2.45) is 11.1 Å². The normalized spacial score (nSPS) is 18.8. The molecule has 0 saturated carbocycles. The van der Waals surface area contributed by atoms with Gasteiger partial charge in [0, 0.05) is 19.2 Å². The molecule has 1 aromatic carbocycles. The van der Waals surface area contributed by atoms with Crippen molar-refractivity contribution < 1.29 is 22.3 Å². The number of amides is 1. The molecule has 0 aromatic heterocycles. The van der Waals surface area contributed by atoms with Gasteiger partial charge in [-0.3, -0.25) is 4.79 Å². The number of nitrogens with two attached hydrogens (primary N) is 1. The van der Waals surface area contributed by atoms with Gasteiger partial charge in [0.15, 0.2) is 6.61 Å². The lowest BCUT2D eigenvalue weighted by molar-refractivity contribution is -0.132. The van der Waals surface area contributed by atoms with Crippen LogP contribution in [-0.2, 0) is 14.8 Å². The molecule has 2 N–H and O–H groups in total. The fraction of sp³-hybridized carbons (Fsp3) is 0.462. The number of carbonyl (C=O) groups excluding carboxylic acids is 1. The summed E-state index contributed by atoms with van der Waals surface area (Å²) >= 11 is 0. The summed E-state index contributed by atoms with van der Waals surface area (Å²) in [5.41, 5.74) is 0. The highest BCUT2D eigenvalue weighted by atomic mass is 32.2. The zero-order valence-corrected chi connectivity index (χ0v) is 12.2. The van der Waals surface area contributed by atoms with E-state index in [2.05, 4.69) is 0 Å². The molecule has 0 spiro atoms. The third-order valence-electron chi connectivity index (χ3n) is 3.26. The quantitative estimate of drug-likeness (QED) is 0.848. The van der Waals surface area contributed by atoms with Gasteiger partial charge in [-0.15, -0.1) is 0 Å². The van der Waals surface area contributed by atoms with Crippen molar-refractivity contribution in [1.29, 1.82) is 0 Å². The molecule has 2 rings (SSSR count). The van der Waals surface area contributed by atoms with Crippen molar-refractivity contribution in [3.63, 3.8) is 0 Å². The Hall–Kier alpha value is -1.67. The lowest BCUT2D eigenvalue weighted by Crippen LogP contribution is -2.34. The Morgan fingerprint density at radius 1 is 1.48 bits per heavy atom. The van der Waals surface area contributed by atoms with Crippen molar-refractivity contribution in [2.75, 3.05) is 25.4 Å². The fourth-order valence-corrected chi connectivity index (χ4v) is 3.25. The molecule has 1 fully saturated rings. The van der Waals surface area contributed by atoms with Crippen LogP contribution in [-0.4, -0.2) is 44.7 Å². The van der Waals surface area contributed by atoms with E-state index in [4.69, 9.17) is 9.88 Å². The van der Waals surface area contributed by atoms with E-state index in [0.717, 1.165) is 0 Å². The standard InChI is InChI=1S/C13H17FN2O4S/c14-11-2-1-3-12(6-11)20-8-13(17)16-5-4-10(7-16)9-21(15,18)19/h1-3,6,10H,4-5,7-9H2,(H2,15,18,19)/t10-/m0/s1. The monoisotopic (exact) mass is 316 g/mol. The average Bonchev–Trinajstić information content (AvgIpc) is 2.82. The second kappa shape index (κ2) is 6.40. The Bertz CT molecular complexity index is 620. The number of sulfonamides is 1. The van der Waals surface area contributed by atoms with Crippen molar-refractivity contribution >= 4 is 15.9 Å². The maximum Gasteiger partial charge on any atom is 0.260 e. The topological polar surface area (TPSA) is 89.7 Å². The van der Waals surface area contributed by atoms with Crippen LogP contribution in [0, 0.1) is 11.7 Å². The molecule has 1 heterocycles. The van der Waals surface area contributed by atoms with Gasteiger partial charge in [-0.05, 0) is 24.5 Å². The molecule has 1 aliphatic heterocycles. The summed E-state index contributed by atoms with van der Waals surface area (Å²) in [5.74, 6) is -0.672. The third-order valence-corrected chi connectivity index (χ3v) is 4.20. The van der Waals surface area contributed by atoms with Crippen LogP contribution < -0.4 is 9.88 Å². The fourth-order valence-electron chi connectivity index (χ4n) is 2.32. The number of rotatable bonds is 5. The van der Waals surface area contributed by atoms with E-state index >= 15 is 0 Å². The van der Waals surface area contributed by atoms with Gasteiger partial charge in [0.2, 0.25) is 10.0 Å². The molecule has 6 nitrogen and oxygen atoms in total. The molecule has 1 aliphatic rings. The predicted octanol–water partition coefficient (Wildman–Crippen LogP) is 0.342. The molecule has 1 atom stereocenters. The van der Waals surface area contributed by atoms with E-state index in [1.165, 1.54) is 23.1 Å². The summed E-state index contributed by atoms with van der Waals surface area (Å²) in [6, 6.07) is 5.53. The minimum atomic E-state index is -3.53. The number of hydrogen-bond acceptors (Lipinski definition) is 4. The molecule has 1 amide bonds. The van der Waals surface area contributed by atoms with E-state index in [1.54, 1.807) is 6.07 Å². The first-order valence-electron chi connectivity index (χ1n) is 6.50. The predicted molar refractivity (Wildman–Crippen MR) is 74.6 cm³/mol. The highest BCUT2D eigenvalue weighted by Gasteiger charge is 2.28. The molecule has 116 valence electrons. The minimum Gasteiger partial charge on any atom is -0.484 e. The van der Waals surface area contributed by atoms with Crippen LogP contribution in [0.3, 0.4) is 0 Å². The van der Waals surface area contributed by atoms with Gasteiger partial charge in [0.1, 0.15) is 11.6 Å². The molecule has 0 unspecified atom stereocenters. The lowest BCUT2D eigenvalue weighted by atomic mass is 10.2. The van der Waals surface area contributed by atoms with E-state index in [0.29, 0.717) is 19.5 Å². The number of benzene rings is 1. The zero-order chi connectivity index (χ0) is 15.5. The maximum absolute atomic E-state index is 13.0. The van der Waals surface area contributed by atoms with Crippen LogP contribution in [0.25, 0.3) is 0 Å². The molecule has 0 bridgehead atoms. The molecular weight excluding hydrogens is 299 g/mol. The van der Waals surface area contributed by atoms with Crippen molar-refractivity contribution in [2.45, 2.75) is 6.42 Å². The van der Waals surface area contributed by atoms with E-state index in [9.17, 15) is 17.6 Å². The first-order valence-corrected chi connectivity index (χ1v) is 8.21. The second-order valence-electron chi connectivity index (χ2n) is 5.07. The Morgan fingerprint density at radius 2 is 2.24 bits per heavy atom. The Balaban J connectivity index is 1.82. The van der Waals surface area contributed by atoms with Crippen LogP contribution in [0.4, 0.5) is 4.39 Å². The van der Waals surface area contributed by atoms with E-state index in [1.807, 2.05) is 0 Å². The van der Waals surface area contributed by atoms with Gasteiger partial charge in [0.25, 0.3) is 5.91 Å². The molecular formula is C13H17FN2O4S. The van der Waals surface area contributed by atoms with Crippen LogP contribution in [0.5, 0.6) is 5.75 Å². The largest absolute Gasteiger partial charge is 0.484 e. The number of nitrogens with zero attached hydrogens (tertiary/aromatic N) is 1. The van der Waals surface area contributed by atoms with Crippen LogP contribution in [0.1, 0.15) is 6.42 Å². The molecule has 1 saturated heterocycles. The van der Waals surface area contributed by atoms with Gasteiger partial charge in [0.05, 0.1) is 5.75 Å². The van der Waals surface area contributed by atoms with Gasteiger partial charge in [-0.2, -0.15) is 0 Å². The number of hydrogen-bond donors (Lipinski definition) is 1. The highest BCUT2D eigenvalue weighted by Crippen LogP contribution is 2.18. The number of ether oxygens (including phenoxy) is 1. The molecule has 8 heteroatoms. The summed E-state index contributed by atoms with van der Waals surface area (Å²) in [4.78, 5) is 13.5. The Morgan fingerprint density at radius 3 is 2.90 bits per heavy atom. The van der Waals surface area contributed by atoms with Gasteiger partial charge in [-0.1, -0.05) is 6.07 Å². The summed E-state index contributed by atoms with van der Waals surface area (Å²) in [7, 11) is -3.53. The molecule has 0 aliphatic carbocycles. The van der Waals surface area contributed by atoms with E-state index in [-0.39, 0.29) is 29.9 Å². The smallest absolute Gasteiger partial charge is 0.260 e. The highest BCUT2D eigenvalue weighted by molar-refractivity contribution is 7.89. The number of halogens is 1. The second-order valence-corrected chi connectivity index (χ2v) is 6.73. The van der Waals surface area contributed by atoms with Crippen LogP contribution in [0.2, 0.25) is 0 Å². The molecule has 0 radical (unpaired) electrons. The average molecular weight is 316 g/mol. The first kappa shape index (κ1) is 15.7. The summed E-state index contributed by atoms with van der Waals surface area (Å²) in [6.07, 6.45) is 0.599. The van der Waals surface area contributed by atoms with Crippen molar-refractivity contribution in [1.82, 2.24) is 4.90 Å². The number of likely N-dealkylation sites (tertiary alicyclic amines) is 1. The summed E-state index contributed by atoms with van der Waals surface area (Å²) < 4.78 is 40.2. The molecule has 1 aromatic rings. The van der Waals surface area contributed by atoms with Gasteiger partial charge in [-0.25, -0.2) is 17.9 Å². The Kier molecular flexibility index (Phi) is 4.79. The molecule has 21 heavy (non-hydrogen) atoms. The number of primary sulfonamides is 1. The van der Waals surface area contributed by atoms with Crippen molar-refractivity contribution in [3.8, 4) is 5.75 Å². The first-order chi connectivity index (χ1) is 9.83. The number of carbonyl (C=O) groups is 1. The zero-order valence-electron chi connectivity index (χ0n) is 11.4. The van der Waals surface area contributed by atoms with E-state index < -0.39 is 15.8 Å². The SMILES string of the molecule is NS(=O)(=O)C[C@H]1CCN(C(=O)COc2cccc(F)c2)C1. The Labute approximate surface area is 122 Å². The van der Waals surface area contributed by atoms with Gasteiger partial charge >= 0.3 is 0 Å². The van der Waals surface area contributed by atoms with Crippen molar-refractivity contribution in [3.05, 3.63) is 30.1 Å². The summed E-state index contributed by atoms with van der Waals surface area (Å²) in [5, 5.41) is 4.99. The third kappa shape index (κ3) is 4.98. The van der Waals surface area contributed by atoms with Crippen LogP contribution >= 0.6 is 0 Å². The lowest BCUT2D eigenvalue weighted by Gasteiger charge is -2.16.